The Morgan fingerprint density at radius 2 is 2.00 bits per heavy atom. The highest BCUT2D eigenvalue weighted by atomic mass is 79.9. The second-order valence-corrected chi connectivity index (χ2v) is 9.87. The van der Waals surface area contributed by atoms with Crippen LogP contribution in [0.25, 0.3) is 0 Å². The molecular weight excluding hydrogens is 511 g/mol. The molecule has 1 fully saturated rings. The summed E-state index contributed by atoms with van der Waals surface area (Å²) in [6.07, 6.45) is 0.605. The number of halogens is 4. The summed E-state index contributed by atoms with van der Waals surface area (Å²) >= 11 is 4.44. The molecule has 4 rings (SSSR count). The topological polar surface area (TPSA) is 73.2 Å². The predicted octanol–water partition coefficient (Wildman–Crippen LogP) is 5.69. The van der Waals surface area contributed by atoms with Gasteiger partial charge in [0, 0.05) is 17.2 Å². The van der Waals surface area contributed by atoms with Crippen LogP contribution < -0.4 is 5.32 Å². The smallest absolute Gasteiger partial charge is 0.436 e. The molecule has 2 aromatic heterocycles. The average molecular weight is 534 g/mol. The number of thiophene rings is 1. The van der Waals surface area contributed by atoms with Gasteiger partial charge in [-0.3, -0.25) is 9.48 Å². The number of esters is 1. The number of carbonyl (C=O) groups excluding carboxylic acids is 2. The zero-order valence-electron chi connectivity index (χ0n) is 17.5. The van der Waals surface area contributed by atoms with Gasteiger partial charge in [0.15, 0.2) is 5.69 Å². The minimum atomic E-state index is -4.57. The first-order valence-corrected chi connectivity index (χ1v) is 12.3. The van der Waals surface area contributed by atoms with Gasteiger partial charge in [-0.05, 0) is 66.9 Å². The fourth-order valence-electron chi connectivity index (χ4n) is 4.02. The number of fused-ring (bicyclic) bond motifs is 1. The van der Waals surface area contributed by atoms with E-state index in [0.29, 0.717) is 16.3 Å². The van der Waals surface area contributed by atoms with Crippen LogP contribution in [0.3, 0.4) is 0 Å². The fourth-order valence-corrected chi connectivity index (χ4v) is 6.15. The summed E-state index contributed by atoms with van der Waals surface area (Å²) in [5, 5.41) is 6.99. The van der Waals surface area contributed by atoms with Crippen LogP contribution in [0.15, 0.2) is 4.47 Å². The second-order valence-electron chi connectivity index (χ2n) is 7.98. The number of nitrogens with one attached hydrogen (secondary N) is 1. The zero-order valence-corrected chi connectivity index (χ0v) is 19.9. The summed E-state index contributed by atoms with van der Waals surface area (Å²) in [5.41, 5.74) is 0.885. The number of anilines is 1. The van der Waals surface area contributed by atoms with Gasteiger partial charge in [-0.1, -0.05) is 0 Å². The molecule has 2 aliphatic rings. The number of hydrogen-bond acceptors (Lipinski definition) is 5. The van der Waals surface area contributed by atoms with Crippen LogP contribution in [0, 0.1) is 0 Å². The molecule has 0 bridgehead atoms. The van der Waals surface area contributed by atoms with Crippen LogP contribution in [0.5, 0.6) is 0 Å². The van der Waals surface area contributed by atoms with Crippen LogP contribution in [-0.2, 0) is 35.1 Å². The summed E-state index contributed by atoms with van der Waals surface area (Å²) in [6, 6.07) is 0. The molecule has 1 amide bonds. The molecule has 6 nitrogen and oxygen atoms in total. The van der Waals surface area contributed by atoms with Gasteiger partial charge in [-0.15, -0.1) is 11.3 Å². The molecule has 2 aromatic rings. The van der Waals surface area contributed by atoms with Gasteiger partial charge in [0.1, 0.15) is 5.00 Å². The van der Waals surface area contributed by atoms with Gasteiger partial charge >= 0.3 is 12.1 Å². The number of carbonyl (C=O) groups is 2. The van der Waals surface area contributed by atoms with Gasteiger partial charge in [0.2, 0.25) is 5.91 Å². The number of nitrogens with zero attached hydrogens (tertiary/aromatic N) is 2. The normalized spacial score (nSPS) is 16.0. The highest BCUT2D eigenvalue weighted by molar-refractivity contribution is 9.10. The van der Waals surface area contributed by atoms with E-state index in [1.54, 1.807) is 6.92 Å². The van der Waals surface area contributed by atoms with Crippen LogP contribution in [0.4, 0.5) is 18.2 Å². The number of rotatable bonds is 7. The fraction of sp³-hybridized carbons (Fsp3) is 0.571. The lowest BCUT2D eigenvalue weighted by Gasteiger charge is -2.12. The largest absolute Gasteiger partial charge is 0.462 e. The van der Waals surface area contributed by atoms with Crippen molar-refractivity contribution in [3.05, 3.63) is 31.9 Å². The van der Waals surface area contributed by atoms with Crippen molar-refractivity contribution in [2.45, 2.75) is 70.5 Å². The molecule has 0 saturated heterocycles. The Bertz CT molecular complexity index is 1040. The maximum Gasteiger partial charge on any atom is 0.436 e. The van der Waals surface area contributed by atoms with E-state index in [9.17, 15) is 22.8 Å². The molecule has 2 heterocycles. The Hall–Kier alpha value is -1.88. The standard InChI is InChI=1S/C21H23BrF3N3O3S/c1-2-31-20(30)15-12-5-3-4-6-13(12)32-19(15)26-14(29)9-10-28-17(11-7-8-11)16(22)18(27-28)21(23,24)25/h11H,2-10H2,1H3,(H,26,29). The molecule has 0 aromatic carbocycles. The lowest BCUT2D eigenvalue weighted by molar-refractivity contribution is -0.142. The molecule has 2 aliphatic carbocycles. The molecule has 32 heavy (non-hydrogen) atoms. The Morgan fingerprint density at radius 3 is 2.66 bits per heavy atom. The van der Waals surface area contributed by atoms with Crippen LogP contribution in [0.1, 0.15) is 77.1 Å². The molecule has 11 heteroatoms. The summed E-state index contributed by atoms with van der Waals surface area (Å²) in [5.74, 6) is -0.810. The van der Waals surface area contributed by atoms with E-state index in [1.165, 1.54) is 16.0 Å². The third kappa shape index (κ3) is 4.73. The Kier molecular flexibility index (Phi) is 6.67. The van der Waals surface area contributed by atoms with Crippen molar-refractivity contribution in [2.75, 3.05) is 11.9 Å². The Balaban J connectivity index is 1.51. The highest BCUT2D eigenvalue weighted by Crippen LogP contribution is 2.47. The highest BCUT2D eigenvalue weighted by Gasteiger charge is 2.41. The molecule has 1 N–H and O–H groups in total. The maximum atomic E-state index is 13.3. The van der Waals surface area contributed by atoms with Gasteiger partial charge < -0.3 is 10.1 Å². The van der Waals surface area contributed by atoms with Crippen molar-refractivity contribution in [3.8, 4) is 0 Å². The first-order chi connectivity index (χ1) is 15.2. The third-order valence-electron chi connectivity index (χ3n) is 5.62. The predicted molar refractivity (Wildman–Crippen MR) is 117 cm³/mol. The Labute approximate surface area is 195 Å². The van der Waals surface area contributed by atoms with Crippen molar-refractivity contribution in [1.29, 1.82) is 0 Å². The first kappa shape index (κ1) is 23.3. The van der Waals surface area contributed by atoms with Crippen molar-refractivity contribution in [2.24, 2.45) is 0 Å². The van der Waals surface area contributed by atoms with Crippen molar-refractivity contribution >= 4 is 44.1 Å². The van der Waals surface area contributed by atoms with E-state index in [4.69, 9.17) is 4.74 Å². The first-order valence-electron chi connectivity index (χ1n) is 10.7. The van der Waals surface area contributed by atoms with Crippen LogP contribution in [-0.4, -0.2) is 28.3 Å². The number of aryl methyl sites for hydroxylation is 2. The van der Waals surface area contributed by atoms with Crippen molar-refractivity contribution in [3.63, 3.8) is 0 Å². The van der Waals surface area contributed by atoms with E-state index in [2.05, 4.69) is 26.3 Å². The molecule has 174 valence electrons. The molecule has 0 spiro atoms. The average Bonchev–Trinajstić information content (AvgIpc) is 3.40. The number of hydrogen-bond donors (Lipinski definition) is 1. The molecule has 0 aliphatic heterocycles. The summed E-state index contributed by atoms with van der Waals surface area (Å²) < 4.78 is 46.3. The monoisotopic (exact) mass is 533 g/mol. The minimum Gasteiger partial charge on any atom is -0.462 e. The number of ether oxygens (including phenoxy) is 1. The zero-order chi connectivity index (χ0) is 23.0. The van der Waals surface area contributed by atoms with E-state index in [0.717, 1.165) is 49.0 Å². The summed E-state index contributed by atoms with van der Waals surface area (Å²) in [7, 11) is 0. The van der Waals surface area contributed by atoms with Crippen LogP contribution in [0.2, 0.25) is 0 Å². The van der Waals surface area contributed by atoms with E-state index >= 15 is 0 Å². The van der Waals surface area contributed by atoms with Gasteiger partial charge in [-0.25, -0.2) is 4.79 Å². The lowest BCUT2D eigenvalue weighted by Crippen LogP contribution is -2.18. The van der Waals surface area contributed by atoms with E-state index < -0.39 is 17.8 Å². The summed E-state index contributed by atoms with van der Waals surface area (Å²) in [6.45, 7) is 1.98. The number of amides is 1. The number of aromatic nitrogens is 2. The SMILES string of the molecule is CCOC(=O)c1c(NC(=O)CCn2nc(C(F)(F)F)c(Br)c2C2CC2)sc2c1CCCC2. The van der Waals surface area contributed by atoms with Crippen molar-refractivity contribution in [1.82, 2.24) is 9.78 Å². The molecule has 0 unspecified atom stereocenters. The van der Waals surface area contributed by atoms with E-state index in [1.807, 2.05) is 0 Å². The molecular formula is C21H23BrF3N3O3S. The minimum absolute atomic E-state index is 0.0200. The van der Waals surface area contributed by atoms with Gasteiger partial charge in [0.05, 0.1) is 28.9 Å². The molecule has 0 atom stereocenters. The van der Waals surface area contributed by atoms with Gasteiger partial charge in [0.25, 0.3) is 0 Å². The number of alkyl halides is 3. The lowest BCUT2D eigenvalue weighted by atomic mass is 9.95. The molecule has 0 radical (unpaired) electrons. The van der Waals surface area contributed by atoms with Gasteiger partial charge in [-0.2, -0.15) is 18.3 Å². The second kappa shape index (κ2) is 9.17. The van der Waals surface area contributed by atoms with Crippen LogP contribution >= 0.6 is 27.3 Å². The quantitative estimate of drug-likeness (QED) is 0.464. The summed E-state index contributed by atoms with van der Waals surface area (Å²) in [4.78, 5) is 26.3. The van der Waals surface area contributed by atoms with E-state index in [-0.39, 0.29) is 35.9 Å². The van der Waals surface area contributed by atoms with Crippen molar-refractivity contribution < 1.29 is 27.5 Å². The Morgan fingerprint density at radius 1 is 1.28 bits per heavy atom. The maximum absolute atomic E-state index is 13.3. The third-order valence-corrected chi connectivity index (χ3v) is 7.61. The molecule has 1 saturated carbocycles.